The molecular formula is C24H19FN4O4S. The number of fused-ring (bicyclic) bond motifs is 1. The third kappa shape index (κ3) is 3.92. The number of rotatable bonds is 6. The van der Waals surface area contributed by atoms with E-state index < -0.39 is 17.1 Å². The van der Waals surface area contributed by atoms with Gasteiger partial charge in [-0.15, -0.1) is 11.3 Å². The molecule has 34 heavy (non-hydrogen) atoms. The van der Waals surface area contributed by atoms with Crippen LogP contribution in [0.1, 0.15) is 19.7 Å². The molecule has 5 rings (SSSR count). The van der Waals surface area contributed by atoms with E-state index in [4.69, 9.17) is 9.26 Å². The third-order valence-electron chi connectivity index (χ3n) is 5.09. The van der Waals surface area contributed by atoms with Crippen molar-refractivity contribution in [3.8, 4) is 22.8 Å². The first-order chi connectivity index (χ1) is 16.4. The van der Waals surface area contributed by atoms with Crippen LogP contribution in [0.4, 0.5) is 4.39 Å². The fourth-order valence-corrected chi connectivity index (χ4v) is 4.44. The van der Waals surface area contributed by atoms with Gasteiger partial charge >= 0.3 is 5.69 Å². The molecule has 3 heterocycles. The van der Waals surface area contributed by atoms with Crippen molar-refractivity contribution in [1.29, 1.82) is 0 Å². The van der Waals surface area contributed by atoms with Gasteiger partial charge in [0.2, 0.25) is 11.7 Å². The molecule has 0 spiro atoms. The molecule has 0 unspecified atom stereocenters. The Morgan fingerprint density at radius 2 is 1.85 bits per heavy atom. The maximum Gasteiger partial charge on any atom is 0.336 e. The topological polar surface area (TPSA) is 92.2 Å². The Balaban J connectivity index is 1.54. The summed E-state index contributed by atoms with van der Waals surface area (Å²) in [5.41, 5.74) is -0.253. The summed E-state index contributed by atoms with van der Waals surface area (Å²) in [5.74, 6) is 0.576. The lowest BCUT2D eigenvalue weighted by Crippen LogP contribution is -2.39. The molecule has 3 aromatic heterocycles. The van der Waals surface area contributed by atoms with Crippen LogP contribution in [0.25, 0.3) is 27.3 Å². The monoisotopic (exact) mass is 478 g/mol. The predicted molar refractivity (Wildman–Crippen MR) is 126 cm³/mol. The van der Waals surface area contributed by atoms with Crippen LogP contribution in [0, 0.1) is 5.82 Å². The molecule has 0 saturated carbocycles. The Hall–Kier alpha value is -4.05. The van der Waals surface area contributed by atoms with Gasteiger partial charge in [-0.2, -0.15) is 4.98 Å². The third-order valence-corrected chi connectivity index (χ3v) is 5.99. The van der Waals surface area contributed by atoms with Gasteiger partial charge in [-0.05, 0) is 61.7 Å². The normalized spacial score (nSPS) is 11.4. The maximum absolute atomic E-state index is 14.5. The maximum atomic E-state index is 14.5. The van der Waals surface area contributed by atoms with Crippen molar-refractivity contribution in [2.45, 2.75) is 26.5 Å². The van der Waals surface area contributed by atoms with Crippen molar-refractivity contribution in [3.63, 3.8) is 0 Å². The van der Waals surface area contributed by atoms with Crippen molar-refractivity contribution < 1.29 is 13.7 Å². The Labute approximate surface area is 196 Å². The van der Waals surface area contributed by atoms with Gasteiger partial charge in [0.25, 0.3) is 5.56 Å². The van der Waals surface area contributed by atoms with E-state index >= 15 is 0 Å². The highest BCUT2D eigenvalue weighted by molar-refractivity contribution is 7.17. The van der Waals surface area contributed by atoms with Crippen LogP contribution in [-0.4, -0.2) is 25.4 Å². The Kier molecular flexibility index (Phi) is 5.58. The van der Waals surface area contributed by atoms with E-state index in [1.807, 2.05) is 38.1 Å². The number of benzene rings is 2. The molecule has 0 amide bonds. The lowest BCUT2D eigenvalue weighted by atomic mass is 10.2. The van der Waals surface area contributed by atoms with E-state index in [1.54, 1.807) is 17.5 Å². The molecule has 0 aliphatic carbocycles. The summed E-state index contributed by atoms with van der Waals surface area (Å²) in [7, 11) is 0. The van der Waals surface area contributed by atoms with E-state index in [-0.39, 0.29) is 24.2 Å². The van der Waals surface area contributed by atoms with Gasteiger partial charge in [0.15, 0.2) is 0 Å². The van der Waals surface area contributed by atoms with Crippen LogP contribution in [-0.2, 0) is 6.54 Å². The van der Waals surface area contributed by atoms with Crippen molar-refractivity contribution in [2.75, 3.05) is 0 Å². The van der Waals surface area contributed by atoms with E-state index in [2.05, 4.69) is 10.1 Å². The summed E-state index contributed by atoms with van der Waals surface area (Å²) in [6, 6.07) is 14.6. The van der Waals surface area contributed by atoms with Crippen molar-refractivity contribution in [1.82, 2.24) is 19.3 Å². The minimum atomic E-state index is -0.698. The van der Waals surface area contributed by atoms with Crippen LogP contribution in [0.2, 0.25) is 0 Å². The van der Waals surface area contributed by atoms with Crippen LogP contribution < -0.4 is 16.0 Å². The van der Waals surface area contributed by atoms with Gasteiger partial charge in [-0.1, -0.05) is 17.3 Å². The van der Waals surface area contributed by atoms with Crippen LogP contribution >= 0.6 is 11.3 Å². The van der Waals surface area contributed by atoms with Gasteiger partial charge in [0.1, 0.15) is 22.8 Å². The molecule has 172 valence electrons. The predicted octanol–water partition coefficient (Wildman–Crippen LogP) is 4.24. The molecule has 0 atom stereocenters. The van der Waals surface area contributed by atoms with E-state index in [1.165, 1.54) is 34.1 Å². The molecule has 0 aliphatic heterocycles. The summed E-state index contributed by atoms with van der Waals surface area (Å²) in [4.78, 5) is 30.7. The van der Waals surface area contributed by atoms with Gasteiger partial charge < -0.3 is 9.26 Å². The number of para-hydroxylation sites is 1. The number of aromatic nitrogens is 4. The second-order valence-corrected chi connectivity index (χ2v) is 8.71. The molecule has 0 radical (unpaired) electrons. The highest BCUT2D eigenvalue weighted by Crippen LogP contribution is 2.22. The SMILES string of the molecule is CC(C)Oc1ccc(-c2noc(Cn3c(=O)n(-c4ccccc4F)c(=O)c4sccc43)n2)cc1. The molecule has 0 N–H and O–H groups in total. The fraction of sp³-hybridized carbons (Fsp3) is 0.167. The Morgan fingerprint density at radius 3 is 2.59 bits per heavy atom. The first-order valence-corrected chi connectivity index (χ1v) is 11.4. The average molecular weight is 479 g/mol. The van der Waals surface area contributed by atoms with E-state index in [0.29, 0.717) is 16.0 Å². The number of hydrogen-bond acceptors (Lipinski definition) is 7. The second kappa shape index (κ2) is 8.71. The average Bonchev–Trinajstić information content (AvgIpc) is 3.48. The van der Waals surface area contributed by atoms with E-state index in [9.17, 15) is 14.0 Å². The summed E-state index contributed by atoms with van der Waals surface area (Å²) < 4.78 is 28.0. The fourth-order valence-electron chi connectivity index (χ4n) is 3.61. The zero-order chi connectivity index (χ0) is 23.8. The minimum Gasteiger partial charge on any atom is -0.491 e. The van der Waals surface area contributed by atoms with Crippen molar-refractivity contribution in [2.24, 2.45) is 0 Å². The highest BCUT2D eigenvalue weighted by Gasteiger charge is 2.19. The van der Waals surface area contributed by atoms with Gasteiger partial charge in [0.05, 0.1) is 17.3 Å². The minimum absolute atomic E-state index is 0.0579. The lowest BCUT2D eigenvalue weighted by molar-refractivity contribution is 0.242. The van der Waals surface area contributed by atoms with Crippen molar-refractivity contribution in [3.05, 3.63) is 92.5 Å². The number of halogens is 1. The first kappa shape index (κ1) is 21.8. The molecular weight excluding hydrogens is 459 g/mol. The van der Waals surface area contributed by atoms with Crippen LogP contribution in [0.15, 0.2) is 74.1 Å². The smallest absolute Gasteiger partial charge is 0.336 e. The molecule has 2 aromatic carbocycles. The molecule has 8 nitrogen and oxygen atoms in total. The van der Waals surface area contributed by atoms with Gasteiger partial charge in [-0.3, -0.25) is 9.36 Å². The van der Waals surface area contributed by atoms with Crippen LogP contribution in [0.5, 0.6) is 5.75 Å². The molecule has 0 saturated heterocycles. The van der Waals surface area contributed by atoms with Gasteiger partial charge in [-0.25, -0.2) is 13.8 Å². The molecule has 0 aliphatic rings. The number of nitrogens with zero attached hydrogens (tertiary/aromatic N) is 4. The molecule has 10 heteroatoms. The molecule has 0 fully saturated rings. The summed E-state index contributed by atoms with van der Waals surface area (Å²) in [6.07, 6.45) is 0.0579. The van der Waals surface area contributed by atoms with Crippen molar-refractivity contribution >= 4 is 21.6 Å². The summed E-state index contributed by atoms with van der Waals surface area (Å²) in [5, 5.41) is 5.72. The summed E-state index contributed by atoms with van der Waals surface area (Å²) in [6.45, 7) is 3.81. The summed E-state index contributed by atoms with van der Waals surface area (Å²) >= 11 is 1.18. The Bertz CT molecular complexity index is 1600. The Morgan fingerprint density at radius 1 is 1.09 bits per heavy atom. The zero-order valence-corrected chi connectivity index (χ0v) is 19.1. The van der Waals surface area contributed by atoms with Crippen LogP contribution in [0.3, 0.4) is 0 Å². The zero-order valence-electron chi connectivity index (χ0n) is 18.3. The molecule has 5 aromatic rings. The number of hydrogen-bond donors (Lipinski definition) is 0. The first-order valence-electron chi connectivity index (χ1n) is 10.5. The molecule has 0 bridgehead atoms. The lowest BCUT2D eigenvalue weighted by Gasteiger charge is -2.11. The highest BCUT2D eigenvalue weighted by atomic mass is 32.1. The standard InChI is InChI=1S/C24H19FN4O4S/c1-14(2)32-16-9-7-15(8-10-16)22-26-20(33-27-22)13-28-19-11-12-34-21(19)23(30)29(24(28)31)18-6-4-3-5-17(18)25/h3-12,14H,13H2,1-2H3. The quantitative estimate of drug-likeness (QED) is 0.363. The second-order valence-electron chi connectivity index (χ2n) is 7.80. The number of thiophene rings is 1. The van der Waals surface area contributed by atoms with Gasteiger partial charge in [0, 0.05) is 5.56 Å². The largest absolute Gasteiger partial charge is 0.491 e. The number of ether oxygens (including phenoxy) is 1. The van der Waals surface area contributed by atoms with E-state index in [0.717, 1.165) is 15.9 Å².